The lowest BCUT2D eigenvalue weighted by Gasteiger charge is -2.07. The van der Waals surface area contributed by atoms with Crippen LogP contribution in [-0.2, 0) is 6.61 Å². The highest BCUT2D eigenvalue weighted by Crippen LogP contribution is 2.23. The van der Waals surface area contributed by atoms with Gasteiger partial charge in [0.15, 0.2) is 5.65 Å². The second kappa shape index (κ2) is 5.60. The van der Waals surface area contributed by atoms with Crippen LogP contribution < -0.4 is 10.1 Å². The summed E-state index contributed by atoms with van der Waals surface area (Å²) in [6.45, 7) is 3.20. The minimum Gasteiger partial charge on any atom is -0.469 e. The van der Waals surface area contributed by atoms with Crippen LogP contribution in [0, 0.1) is 0 Å². The molecule has 20 heavy (non-hydrogen) atoms. The molecule has 0 amide bonds. The van der Waals surface area contributed by atoms with Gasteiger partial charge in [-0.25, -0.2) is 0 Å². The number of aromatic nitrogens is 4. The van der Waals surface area contributed by atoms with E-state index < -0.39 is 0 Å². The van der Waals surface area contributed by atoms with Crippen LogP contribution >= 0.6 is 0 Å². The normalized spacial score (nSPS) is 10.8. The molecule has 0 aromatic carbocycles. The number of aromatic amines is 1. The lowest BCUT2D eigenvalue weighted by atomic mass is 10.4. The third kappa shape index (κ3) is 2.56. The summed E-state index contributed by atoms with van der Waals surface area (Å²) in [6, 6.07) is 3.67. The van der Waals surface area contributed by atoms with Crippen LogP contribution in [0.5, 0.6) is 5.88 Å². The molecular weight excluding hydrogens is 258 g/mol. The van der Waals surface area contributed by atoms with Crippen LogP contribution in [0.2, 0.25) is 0 Å². The maximum absolute atomic E-state index is 5.70. The average Bonchev–Trinajstić information content (AvgIpc) is 3.13. The Morgan fingerprint density at radius 2 is 2.35 bits per heavy atom. The first kappa shape index (κ1) is 12.5. The minimum absolute atomic E-state index is 0.317. The van der Waals surface area contributed by atoms with E-state index in [1.54, 1.807) is 12.5 Å². The molecule has 0 spiro atoms. The molecule has 104 valence electrons. The van der Waals surface area contributed by atoms with Crippen molar-refractivity contribution in [1.82, 2.24) is 20.2 Å². The Labute approximate surface area is 115 Å². The van der Waals surface area contributed by atoms with Crippen molar-refractivity contribution in [1.29, 1.82) is 0 Å². The van der Waals surface area contributed by atoms with Gasteiger partial charge in [0.2, 0.25) is 11.8 Å². The first-order valence-electron chi connectivity index (χ1n) is 6.47. The second-order valence-corrected chi connectivity index (χ2v) is 4.28. The van der Waals surface area contributed by atoms with Crippen LogP contribution in [-0.4, -0.2) is 26.7 Å². The molecule has 0 fully saturated rings. The second-order valence-electron chi connectivity index (χ2n) is 4.28. The van der Waals surface area contributed by atoms with Crippen molar-refractivity contribution in [2.45, 2.75) is 20.0 Å². The van der Waals surface area contributed by atoms with Gasteiger partial charge in [-0.05, 0) is 18.6 Å². The Bertz CT molecular complexity index is 677. The summed E-state index contributed by atoms with van der Waals surface area (Å²) in [4.78, 5) is 8.70. The molecule has 7 nitrogen and oxygen atoms in total. The number of H-pyrrole nitrogens is 1. The number of anilines is 1. The van der Waals surface area contributed by atoms with E-state index in [0.29, 0.717) is 24.1 Å². The van der Waals surface area contributed by atoms with Crippen LogP contribution in [0.4, 0.5) is 5.95 Å². The number of nitrogens with one attached hydrogen (secondary N) is 2. The van der Waals surface area contributed by atoms with Gasteiger partial charge in [-0.3, -0.25) is 5.10 Å². The molecule has 3 aromatic heterocycles. The number of rotatable bonds is 6. The molecule has 3 aromatic rings. The SMILES string of the molecule is CCCNc1nc(OCc2ccco2)c2cn[nH]c2n1. The molecule has 7 heteroatoms. The number of hydrogen-bond donors (Lipinski definition) is 2. The van der Waals surface area contributed by atoms with Crippen molar-refractivity contribution in [3.8, 4) is 5.88 Å². The van der Waals surface area contributed by atoms with E-state index in [0.717, 1.165) is 24.1 Å². The monoisotopic (exact) mass is 273 g/mol. The number of fused-ring (bicyclic) bond motifs is 1. The van der Waals surface area contributed by atoms with Gasteiger partial charge in [0.1, 0.15) is 17.8 Å². The largest absolute Gasteiger partial charge is 0.469 e. The van der Waals surface area contributed by atoms with Gasteiger partial charge in [0, 0.05) is 6.54 Å². The fourth-order valence-electron chi connectivity index (χ4n) is 1.77. The van der Waals surface area contributed by atoms with E-state index in [4.69, 9.17) is 9.15 Å². The Kier molecular flexibility index (Phi) is 3.49. The molecule has 0 aliphatic rings. The predicted octanol–water partition coefficient (Wildman–Crippen LogP) is 2.35. The highest BCUT2D eigenvalue weighted by molar-refractivity contribution is 5.80. The van der Waals surface area contributed by atoms with Gasteiger partial charge in [0.05, 0.1) is 12.5 Å². The van der Waals surface area contributed by atoms with E-state index in [-0.39, 0.29) is 0 Å². The summed E-state index contributed by atoms with van der Waals surface area (Å²) < 4.78 is 10.9. The molecular formula is C13H15N5O2. The van der Waals surface area contributed by atoms with Crippen LogP contribution in [0.15, 0.2) is 29.0 Å². The van der Waals surface area contributed by atoms with Crippen molar-refractivity contribution in [3.05, 3.63) is 30.4 Å². The summed E-state index contributed by atoms with van der Waals surface area (Å²) >= 11 is 0. The van der Waals surface area contributed by atoms with Gasteiger partial charge in [-0.2, -0.15) is 15.1 Å². The van der Waals surface area contributed by atoms with Gasteiger partial charge in [-0.15, -0.1) is 0 Å². The van der Waals surface area contributed by atoms with Crippen LogP contribution in [0.3, 0.4) is 0 Å². The fraction of sp³-hybridized carbons (Fsp3) is 0.308. The van der Waals surface area contributed by atoms with Crippen molar-refractivity contribution in [2.24, 2.45) is 0 Å². The van der Waals surface area contributed by atoms with Crippen LogP contribution in [0.1, 0.15) is 19.1 Å². The molecule has 0 bridgehead atoms. The Morgan fingerprint density at radius 3 is 3.15 bits per heavy atom. The topological polar surface area (TPSA) is 88.9 Å². The minimum atomic E-state index is 0.317. The van der Waals surface area contributed by atoms with E-state index in [9.17, 15) is 0 Å². The van der Waals surface area contributed by atoms with Gasteiger partial charge >= 0.3 is 0 Å². The smallest absolute Gasteiger partial charge is 0.230 e. The van der Waals surface area contributed by atoms with E-state index >= 15 is 0 Å². The number of ether oxygens (including phenoxy) is 1. The zero-order valence-electron chi connectivity index (χ0n) is 11.1. The fourth-order valence-corrected chi connectivity index (χ4v) is 1.77. The Hall–Kier alpha value is -2.57. The van der Waals surface area contributed by atoms with Crippen molar-refractivity contribution in [3.63, 3.8) is 0 Å². The summed E-state index contributed by atoms with van der Waals surface area (Å²) in [5.74, 6) is 1.75. The summed E-state index contributed by atoms with van der Waals surface area (Å²) in [5, 5.41) is 10.7. The molecule has 3 heterocycles. The quantitative estimate of drug-likeness (QED) is 0.716. The van der Waals surface area contributed by atoms with Crippen LogP contribution in [0.25, 0.3) is 11.0 Å². The predicted molar refractivity (Wildman–Crippen MR) is 73.5 cm³/mol. The van der Waals surface area contributed by atoms with Gasteiger partial charge in [-0.1, -0.05) is 6.92 Å². The van der Waals surface area contributed by atoms with E-state index in [1.807, 2.05) is 12.1 Å². The van der Waals surface area contributed by atoms with Crippen molar-refractivity contribution >= 4 is 17.0 Å². The maximum atomic E-state index is 5.70. The molecule has 0 saturated carbocycles. The standard InChI is InChI=1S/C13H15N5O2/c1-2-5-14-13-16-11-10(7-15-18-11)12(17-13)20-8-9-4-3-6-19-9/h3-4,6-7H,2,5,8H2,1H3,(H2,14,15,16,17,18). The summed E-state index contributed by atoms with van der Waals surface area (Å²) in [6.07, 6.45) is 4.25. The summed E-state index contributed by atoms with van der Waals surface area (Å²) in [7, 11) is 0. The molecule has 3 rings (SSSR count). The molecule has 0 atom stereocenters. The van der Waals surface area contributed by atoms with Crippen molar-refractivity contribution in [2.75, 3.05) is 11.9 Å². The molecule has 0 saturated heterocycles. The average molecular weight is 273 g/mol. The zero-order chi connectivity index (χ0) is 13.8. The number of nitrogens with zero attached hydrogens (tertiary/aromatic N) is 3. The highest BCUT2D eigenvalue weighted by atomic mass is 16.5. The number of furan rings is 1. The first-order chi connectivity index (χ1) is 9.86. The molecule has 2 N–H and O–H groups in total. The zero-order valence-corrected chi connectivity index (χ0v) is 11.1. The molecule has 0 radical (unpaired) electrons. The molecule has 0 aliphatic carbocycles. The summed E-state index contributed by atoms with van der Waals surface area (Å²) in [5.41, 5.74) is 0.646. The number of hydrogen-bond acceptors (Lipinski definition) is 6. The Balaban J connectivity index is 1.85. The van der Waals surface area contributed by atoms with Crippen molar-refractivity contribution < 1.29 is 9.15 Å². The molecule has 0 aliphatic heterocycles. The maximum Gasteiger partial charge on any atom is 0.230 e. The third-order valence-corrected chi connectivity index (χ3v) is 2.74. The highest BCUT2D eigenvalue weighted by Gasteiger charge is 2.11. The lowest BCUT2D eigenvalue weighted by Crippen LogP contribution is -2.06. The van der Waals surface area contributed by atoms with E-state index in [1.165, 1.54) is 0 Å². The molecule has 0 unspecified atom stereocenters. The van der Waals surface area contributed by atoms with Gasteiger partial charge < -0.3 is 14.5 Å². The third-order valence-electron chi connectivity index (χ3n) is 2.74. The van der Waals surface area contributed by atoms with E-state index in [2.05, 4.69) is 32.4 Å². The lowest BCUT2D eigenvalue weighted by molar-refractivity contribution is 0.264. The van der Waals surface area contributed by atoms with Gasteiger partial charge in [0.25, 0.3) is 0 Å². The first-order valence-corrected chi connectivity index (χ1v) is 6.47. The Morgan fingerprint density at radius 1 is 1.40 bits per heavy atom.